The third kappa shape index (κ3) is 5.03. The highest BCUT2D eigenvalue weighted by molar-refractivity contribution is 6.35. The van der Waals surface area contributed by atoms with Crippen molar-refractivity contribution in [2.45, 2.75) is 38.4 Å². The van der Waals surface area contributed by atoms with E-state index < -0.39 is 5.82 Å². The molecule has 2 fully saturated rings. The van der Waals surface area contributed by atoms with Crippen molar-refractivity contribution in [3.63, 3.8) is 0 Å². The molecule has 0 spiro atoms. The maximum absolute atomic E-state index is 15.2. The Labute approximate surface area is 259 Å². The van der Waals surface area contributed by atoms with Gasteiger partial charge in [-0.15, -0.1) is 5.92 Å². The molecule has 6 N–H and O–H groups in total. The van der Waals surface area contributed by atoms with E-state index >= 15 is 4.39 Å². The molecule has 1 aromatic heterocycles. The number of nitrogens with two attached hydrogens (primary N) is 3. The molecule has 3 aliphatic heterocycles. The number of urea groups is 1. The molecule has 4 unspecified atom stereocenters. The highest BCUT2D eigenvalue weighted by Gasteiger charge is 2.49. The van der Waals surface area contributed by atoms with Gasteiger partial charge in [-0.05, 0) is 48.8 Å². The molecule has 0 aliphatic carbocycles. The Morgan fingerprint density at radius 1 is 1.34 bits per heavy atom. The van der Waals surface area contributed by atoms with Gasteiger partial charge in [0.05, 0.1) is 29.2 Å². The Morgan fingerprint density at radius 3 is 2.91 bits per heavy atom. The molecule has 2 aromatic carbocycles. The van der Waals surface area contributed by atoms with Crippen molar-refractivity contribution in [3.8, 4) is 34.9 Å². The van der Waals surface area contributed by atoms with Crippen LogP contribution in [0, 0.1) is 40.8 Å². The van der Waals surface area contributed by atoms with Gasteiger partial charge in [0.2, 0.25) is 0 Å². The van der Waals surface area contributed by atoms with Crippen molar-refractivity contribution in [2.24, 2.45) is 23.4 Å². The van der Waals surface area contributed by atoms with E-state index in [0.717, 1.165) is 17.0 Å². The topological polar surface area (TPSA) is 151 Å². The normalized spacial score (nSPS) is 22.7. The summed E-state index contributed by atoms with van der Waals surface area (Å²) in [4.78, 5) is 21.7. The van der Waals surface area contributed by atoms with E-state index in [1.807, 2.05) is 6.07 Å². The van der Waals surface area contributed by atoms with Crippen molar-refractivity contribution in [3.05, 3.63) is 64.7 Å². The summed E-state index contributed by atoms with van der Waals surface area (Å²) >= 11 is 7.12. The number of carbonyl (C=O) groups is 1. The minimum Gasteiger partial charge on any atom is -0.490 e. The number of hydrogen-bond donors (Lipinski definition) is 3. The minimum atomic E-state index is -0.438. The number of hydrazine groups is 1. The number of fused-ring (bicyclic) bond motifs is 4. The fraction of sp³-hybridized carbons (Fsp3) is 0.344. The summed E-state index contributed by atoms with van der Waals surface area (Å²) in [6.07, 6.45) is 3.47. The highest BCUT2D eigenvalue weighted by Crippen LogP contribution is 2.47. The molecule has 3 aliphatic rings. The molecule has 226 valence electrons. The van der Waals surface area contributed by atoms with E-state index in [4.69, 9.17) is 33.6 Å². The van der Waals surface area contributed by atoms with Crippen LogP contribution < -0.4 is 22.0 Å². The third-order valence-corrected chi connectivity index (χ3v) is 9.26. The zero-order valence-electron chi connectivity index (χ0n) is 24.1. The van der Waals surface area contributed by atoms with Gasteiger partial charge in [0.25, 0.3) is 0 Å². The van der Waals surface area contributed by atoms with Gasteiger partial charge in [-0.3, -0.25) is 4.90 Å². The summed E-state index contributed by atoms with van der Waals surface area (Å²) in [7, 11) is 0. The summed E-state index contributed by atoms with van der Waals surface area (Å²) in [5.41, 5.74) is 13.8. The van der Waals surface area contributed by atoms with E-state index in [0.29, 0.717) is 64.6 Å². The second-order valence-electron chi connectivity index (χ2n) is 11.4. The smallest absolute Gasteiger partial charge is 0.338 e. The minimum absolute atomic E-state index is 0.0448. The van der Waals surface area contributed by atoms with Crippen molar-refractivity contribution in [1.29, 1.82) is 5.26 Å². The first-order chi connectivity index (χ1) is 21.2. The van der Waals surface area contributed by atoms with Crippen LogP contribution in [0.15, 0.2) is 42.7 Å². The number of likely N-dealkylation sites (tertiary alicyclic amines) is 1. The van der Waals surface area contributed by atoms with Crippen molar-refractivity contribution in [1.82, 2.24) is 19.8 Å². The van der Waals surface area contributed by atoms with Gasteiger partial charge in [0.1, 0.15) is 24.0 Å². The lowest BCUT2D eigenvalue weighted by Gasteiger charge is -2.41. The SMILES string of the molecule is CC#Cc1cc2c(c(Cl)c1-c1nc(N)cc3cccc(F)c13)OCC1CC3CN(C(=O)N(N)/C=C\N)C(CC#N)C3CN1C2. The average Bonchev–Trinajstić information content (AvgIpc) is 3.22. The Kier molecular flexibility index (Phi) is 7.95. The van der Waals surface area contributed by atoms with Crippen LogP contribution in [0.3, 0.4) is 0 Å². The molecular weight excluding hydrogens is 583 g/mol. The Hall–Kier alpha value is -4.55. The molecule has 0 saturated carbocycles. The molecule has 10 nitrogen and oxygen atoms in total. The molecule has 44 heavy (non-hydrogen) atoms. The standard InChI is InChI=1S/C32H32ClFN8O2/c1-2-4-18-11-21-14-40-16-23-20(15-41(25(23)7-8-35)32(43)42(38)10-9-36)12-22(40)17-44-31(21)29(33)28(18)30-27-19(13-26(37)39-30)5-3-6-24(27)34/h3,5-6,9-11,13,20,22-23,25H,7,12,14-17,36,38H2,1H3,(H2,37,39)/b10-9-. The van der Waals surface area contributed by atoms with E-state index in [2.05, 4.69) is 27.8 Å². The van der Waals surface area contributed by atoms with Crippen LogP contribution in [0.5, 0.6) is 5.75 Å². The molecule has 6 rings (SSSR count). The predicted octanol–water partition coefficient (Wildman–Crippen LogP) is 4.17. The molecular formula is C32H32ClFN8O2. The Balaban J connectivity index is 1.38. The third-order valence-electron chi connectivity index (χ3n) is 8.90. The number of anilines is 1. The summed E-state index contributed by atoms with van der Waals surface area (Å²) in [6.45, 7) is 3.75. The molecule has 4 heterocycles. The Morgan fingerprint density at radius 2 is 2.16 bits per heavy atom. The number of aromatic nitrogens is 1. The average molecular weight is 615 g/mol. The first-order valence-electron chi connectivity index (χ1n) is 14.4. The summed E-state index contributed by atoms with van der Waals surface area (Å²) in [5.74, 6) is 12.5. The highest BCUT2D eigenvalue weighted by atomic mass is 35.5. The molecule has 12 heteroatoms. The summed E-state index contributed by atoms with van der Waals surface area (Å²) in [6, 6.07) is 9.97. The van der Waals surface area contributed by atoms with Crippen LogP contribution in [-0.2, 0) is 6.54 Å². The number of pyridine rings is 1. The zero-order valence-corrected chi connectivity index (χ0v) is 24.9. The van der Waals surface area contributed by atoms with Gasteiger partial charge in [-0.25, -0.2) is 25.0 Å². The molecule has 2 saturated heterocycles. The Bertz CT molecular complexity index is 1780. The van der Waals surface area contributed by atoms with Gasteiger partial charge in [-0.2, -0.15) is 5.26 Å². The summed E-state index contributed by atoms with van der Waals surface area (Å²) < 4.78 is 21.6. The first kappa shape index (κ1) is 29.5. The number of ether oxygens (including phenoxy) is 1. The monoisotopic (exact) mass is 614 g/mol. The van der Waals surface area contributed by atoms with Crippen molar-refractivity contribution < 1.29 is 13.9 Å². The lowest BCUT2D eigenvalue weighted by atomic mass is 9.80. The molecule has 0 bridgehead atoms. The van der Waals surface area contributed by atoms with Crippen molar-refractivity contribution in [2.75, 3.05) is 25.4 Å². The van der Waals surface area contributed by atoms with Crippen LogP contribution in [0.4, 0.5) is 15.0 Å². The van der Waals surface area contributed by atoms with Crippen LogP contribution in [0.25, 0.3) is 22.0 Å². The van der Waals surface area contributed by atoms with Crippen LogP contribution in [0.1, 0.15) is 30.9 Å². The number of halogens is 2. The van der Waals surface area contributed by atoms with E-state index in [1.54, 1.807) is 30.0 Å². The number of carbonyl (C=O) groups excluding carboxylic acids is 1. The number of nitrogens with zero attached hydrogens (tertiary/aromatic N) is 5. The predicted molar refractivity (Wildman–Crippen MR) is 166 cm³/mol. The van der Waals surface area contributed by atoms with E-state index in [-0.39, 0.29) is 42.2 Å². The van der Waals surface area contributed by atoms with E-state index in [1.165, 1.54) is 18.5 Å². The second-order valence-corrected chi connectivity index (χ2v) is 11.8. The van der Waals surface area contributed by atoms with Crippen molar-refractivity contribution >= 4 is 34.2 Å². The van der Waals surface area contributed by atoms with Crippen LogP contribution in [-0.4, -0.2) is 57.6 Å². The van der Waals surface area contributed by atoms with Crippen LogP contribution in [0.2, 0.25) is 5.02 Å². The first-order valence-corrected chi connectivity index (χ1v) is 14.7. The maximum Gasteiger partial charge on any atom is 0.338 e. The summed E-state index contributed by atoms with van der Waals surface area (Å²) in [5, 5.41) is 11.8. The number of nitrogen functional groups attached to an aromatic ring is 1. The zero-order chi connectivity index (χ0) is 31.1. The number of hydrogen-bond acceptors (Lipinski definition) is 8. The van der Waals surface area contributed by atoms with Gasteiger partial charge >= 0.3 is 6.03 Å². The van der Waals surface area contributed by atoms with Gasteiger partial charge in [0.15, 0.2) is 0 Å². The second kappa shape index (κ2) is 11.9. The lowest BCUT2D eigenvalue weighted by Crippen LogP contribution is -2.50. The fourth-order valence-electron chi connectivity index (χ4n) is 7.04. The van der Waals surface area contributed by atoms with Gasteiger partial charge < -0.3 is 21.1 Å². The quantitative estimate of drug-likeness (QED) is 0.172. The fourth-order valence-corrected chi connectivity index (χ4v) is 7.41. The number of piperidine rings is 1. The number of amides is 2. The largest absolute Gasteiger partial charge is 0.490 e. The molecule has 2 amide bonds. The van der Waals surface area contributed by atoms with E-state index in [9.17, 15) is 10.1 Å². The lowest BCUT2D eigenvalue weighted by molar-refractivity contribution is 0.0483. The number of nitriles is 1. The number of benzene rings is 2. The number of rotatable bonds is 3. The maximum atomic E-state index is 15.2. The molecule has 0 radical (unpaired) electrons. The molecule has 4 atom stereocenters. The van der Waals surface area contributed by atoms with Crippen LogP contribution >= 0.6 is 11.6 Å². The van der Waals surface area contributed by atoms with Gasteiger partial charge in [0, 0.05) is 60.2 Å². The molecule has 3 aromatic rings. The van der Waals surface area contributed by atoms with Gasteiger partial charge in [-0.1, -0.05) is 29.7 Å².